The molecule has 0 aliphatic carbocycles. The molecular weight excluding hydrogens is 168 g/mol. The fourth-order valence-corrected chi connectivity index (χ4v) is 0.984. The lowest BCUT2D eigenvalue weighted by Gasteiger charge is -2.21. The highest BCUT2D eigenvalue weighted by Gasteiger charge is 2.22. The molecule has 1 rings (SSSR count). The third-order valence-electron chi connectivity index (χ3n) is 1.98. The Morgan fingerprint density at radius 1 is 1.62 bits per heavy atom. The molecule has 0 aliphatic rings. The molecule has 3 heteroatoms. The van der Waals surface area contributed by atoms with E-state index in [0.717, 1.165) is 0 Å². The molecule has 1 aromatic heterocycles. The molecule has 0 saturated carbocycles. The highest BCUT2D eigenvalue weighted by molar-refractivity contribution is 5.96. The van der Waals surface area contributed by atoms with Gasteiger partial charge in [-0.1, -0.05) is 0 Å². The lowest BCUT2D eigenvalue weighted by atomic mass is 9.99. The van der Waals surface area contributed by atoms with Gasteiger partial charge in [0.25, 0.3) is 0 Å². The average Bonchev–Trinajstić information content (AvgIpc) is 2.55. The van der Waals surface area contributed by atoms with Crippen molar-refractivity contribution in [3.8, 4) is 0 Å². The summed E-state index contributed by atoms with van der Waals surface area (Å²) in [5.41, 5.74) is 0.194. The number of carbonyl (C=O) groups excluding carboxylic acids is 1. The van der Waals surface area contributed by atoms with Crippen molar-refractivity contribution in [2.24, 2.45) is 0 Å². The first-order valence-corrected chi connectivity index (χ1v) is 4.16. The van der Waals surface area contributed by atoms with Crippen molar-refractivity contribution in [1.29, 1.82) is 0 Å². The average molecular weight is 182 g/mol. The van der Waals surface area contributed by atoms with Gasteiger partial charge in [0, 0.05) is 13.5 Å². The minimum absolute atomic E-state index is 0.0422. The Morgan fingerprint density at radius 2 is 2.31 bits per heavy atom. The first-order valence-electron chi connectivity index (χ1n) is 4.16. The van der Waals surface area contributed by atoms with Crippen molar-refractivity contribution >= 4 is 5.78 Å². The molecule has 0 aromatic carbocycles. The molecule has 0 atom stereocenters. The number of ketones is 1. The van der Waals surface area contributed by atoms with Crippen LogP contribution < -0.4 is 0 Å². The van der Waals surface area contributed by atoms with Crippen LogP contribution in [0.1, 0.15) is 30.6 Å². The van der Waals surface area contributed by atoms with Crippen LogP contribution in [0.5, 0.6) is 0 Å². The van der Waals surface area contributed by atoms with Crippen LogP contribution in [0, 0.1) is 0 Å². The maximum Gasteiger partial charge on any atom is 0.168 e. The fourth-order valence-electron chi connectivity index (χ4n) is 0.984. The second-order valence-electron chi connectivity index (χ2n) is 3.58. The van der Waals surface area contributed by atoms with Gasteiger partial charge in [-0.15, -0.1) is 0 Å². The minimum atomic E-state index is -0.408. The van der Waals surface area contributed by atoms with E-state index >= 15 is 0 Å². The molecule has 0 saturated heterocycles. The monoisotopic (exact) mass is 182 g/mol. The number of rotatable bonds is 4. The highest BCUT2D eigenvalue weighted by atomic mass is 16.5. The standard InChI is InChI=1S/C10H14O3/c1-10(2,12-3)6-9(11)8-4-5-13-7-8/h4-5,7H,6H2,1-3H3. The Labute approximate surface area is 77.7 Å². The lowest BCUT2D eigenvalue weighted by molar-refractivity contribution is 0.0172. The quantitative estimate of drug-likeness (QED) is 0.670. The summed E-state index contributed by atoms with van der Waals surface area (Å²) in [5, 5.41) is 0. The van der Waals surface area contributed by atoms with Gasteiger partial charge >= 0.3 is 0 Å². The maximum atomic E-state index is 11.5. The van der Waals surface area contributed by atoms with Crippen molar-refractivity contribution in [3.05, 3.63) is 24.2 Å². The predicted molar refractivity (Wildman–Crippen MR) is 48.7 cm³/mol. The second kappa shape index (κ2) is 3.75. The van der Waals surface area contributed by atoms with E-state index < -0.39 is 5.60 Å². The third kappa shape index (κ3) is 2.70. The van der Waals surface area contributed by atoms with Crippen LogP contribution in [0.15, 0.2) is 23.0 Å². The molecule has 0 N–H and O–H groups in total. The summed E-state index contributed by atoms with van der Waals surface area (Å²) in [4.78, 5) is 11.5. The van der Waals surface area contributed by atoms with Crippen LogP contribution in [0.2, 0.25) is 0 Å². The summed E-state index contributed by atoms with van der Waals surface area (Å²) in [5.74, 6) is 0.0422. The molecular formula is C10H14O3. The van der Waals surface area contributed by atoms with Crippen LogP contribution in [-0.4, -0.2) is 18.5 Å². The number of hydrogen-bond donors (Lipinski definition) is 0. The second-order valence-corrected chi connectivity index (χ2v) is 3.58. The minimum Gasteiger partial charge on any atom is -0.472 e. The molecule has 0 aliphatic heterocycles. The van der Waals surface area contributed by atoms with Crippen LogP contribution >= 0.6 is 0 Å². The summed E-state index contributed by atoms with van der Waals surface area (Å²) in [7, 11) is 1.60. The molecule has 1 heterocycles. The molecule has 0 amide bonds. The number of Topliss-reactive ketones (excluding diaryl/α,β-unsaturated/α-hetero) is 1. The smallest absolute Gasteiger partial charge is 0.168 e. The first-order chi connectivity index (χ1) is 6.05. The zero-order valence-electron chi connectivity index (χ0n) is 8.16. The molecule has 1 aromatic rings. The predicted octanol–water partition coefficient (Wildman–Crippen LogP) is 2.28. The van der Waals surface area contributed by atoms with Gasteiger partial charge in [0.2, 0.25) is 0 Å². The van der Waals surface area contributed by atoms with E-state index in [0.29, 0.717) is 12.0 Å². The van der Waals surface area contributed by atoms with Gasteiger partial charge in [0.15, 0.2) is 5.78 Å². The fraction of sp³-hybridized carbons (Fsp3) is 0.500. The number of carbonyl (C=O) groups is 1. The lowest BCUT2D eigenvalue weighted by Crippen LogP contribution is -2.26. The summed E-state index contributed by atoms with van der Waals surface area (Å²) < 4.78 is 9.98. The molecule has 72 valence electrons. The van der Waals surface area contributed by atoms with Crippen LogP contribution in [-0.2, 0) is 4.74 Å². The summed E-state index contributed by atoms with van der Waals surface area (Å²) in [6, 6.07) is 1.66. The number of methoxy groups -OCH3 is 1. The Morgan fingerprint density at radius 3 is 2.77 bits per heavy atom. The van der Waals surface area contributed by atoms with Crippen molar-refractivity contribution in [1.82, 2.24) is 0 Å². The van der Waals surface area contributed by atoms with E-state index in [1.807, 2.05) is 13.8 Å². The van der Waals surface area contributed by atoms with E-state index in [2.05, 4.69) is 0 Å². The SMILES string of the molecule is COC(C)(C)CC(=O)c1ccoc1. The largest absolute Gasteiger partial charge is 0.472 e. The van der Waals surface area contributed by atoms with Gasteiger partial charge in [0.05, 0.1) is 17.4 Å². The number of hydrogen-bond acceptors (Lipinski definition) is 3. The molecule has 0 fully saturated rings. The van der Waals surface area contributed by atoms with E-state index in [-0.39, 0.29) is 5.78 Å². The summed E-state index contributed by atoms with van der Waals surface area (Å²) >= 11 is 0. The molecule has 0 bridgehead atoms. The number of furan rings is 1. The molecule has 13 heavy (non-hydrogen) atoms. The van der Waals surface area contributed by atoms with Crippen molar-refractivity contribution in [3.63, 3.8) is 0 Å². The summed E-state index contributed by atoms with van der Waals surface area (Å²) in [6.45, 7) is 3.76. The Hall–Kier alpha value is -1.09. The normalized spacial score (nSPS) is 11.6. The van der Waals surface area contributed by atoms with E-state index in [4.69, 9.17) is 9.15 Å². The van der Waals surface area contributed by atoms with Crippen LogP contribution in [0.25, 0.3) is 0 Å². The van der Waals surface area contributed by atoms with Gasteiger partial charge in [-0.25, -0.2) is 0 Å². The van der Waals surface area contributed by atoms with Crippen molar-refractivity contribution in [2.45, 2.75) is 25.9 Å². The molecule has 0 unspecified atom stereocenters. The van der Waals surface area contributed by atoms with Gasteiger partial charge < -0.3 is 9.15 Å². The zero-order chi connectivity index (χ0) is 9.90. The van der Waals surface area contributed by atoms with E-state index in [1.54, 1.807) is 13.2 Å². The van der Waals surface area contributed by atoms with E-state index in [1.165, 1.54) is 12.5 Å². The van der Waals surface area contributed by atoms with Crippen molar-refractivity contribution < 1.29 is 13.9 Å². The molecule has 0 spiro atoms. The zero-order valence-corrected chi connectivity index (χ0v) is 8.16. The topological polar surface area (TPSA) is 39.4 Å². The van der Waals surface area contributed by atoms with E-state index in [9.17, 15) is 4.79 Å². The molecule has 3 nitrogen and oxygen atoms in total. The van der Waals surface area contributed by atoms with Crippen LogP contribution in [0.3, 0.4) is 0 Å². The molecule has 0 radical (unpaired) electrons. The van der Waals surface area contributed by atoms with Crippen molar-refractivity contribution in [2.75, 3.05) is 7.11 Å². The maximum absolute atomic E-state index is 11.5. The highest BCUT2D eigenvalue weighted by Crippen LogP contribution is 2.16. The first kappa shape index (κ1) is 9.99. The Kier molecular flexibility index (Phi) is 2.88. The number of ether oxygens (including phenoxy) is 1. The third-order valence-corrected chi connectivity index (χ3v) is 1.98. The van der Waals surface area contributed by atoms with Gasteiger partial charge in [-0.2, -0.15) is 0 Å². The summed E-state index contributed by atoms with van der Waals surface area (Å²) in [6.07, 6.45) is 3.31. The van der Waals surface area contributed by atoms with Crippen LogP contribution in [0.4, 0.5) is 0 Å². The van der Waals surface area contributed by atoms with Gasteiger partial charge in [-0.05, 0) is 19.9 Å². The van der Waals surface area contributed by atoms with Gasteiger partial charge in [-0.3, -0.25) is 4.79 Å². The Balaban J connectivity index is 2.61. The Bertz CT molecular complexity index is 272. The van der Waals surface area contributed by atoms with Gasteiger partial charge in [0.1, 0.15) is 6.26 Å².